The molecule has 0 amide bonds. The van der Waals surface area contributed by atoms with Gasteiger partial charge in [-0.3, -0.25) is 4.79 Å². The fraction of sp³-hybridized carbons (Fsp3) is 0.900. The van der Waals surface area contributed by atoms with Crippen molar-refractivity contribution in [1.29, 1.82) is 0 Å². The second kappa shape index (κ2) is 1.70. The first kappa shape index (κ1) is 6.22. The lowest BCUT2D eigenvalue weighted by molar-refractivity contribution is -0.124. The lowest BCUT2D eigenvalue weighted by Gasteiger charge is -2.18. The molecule has 60 valence electrons. The lowest BCUT2D eigenvalue weighted by Crippen LogP contribution is -2.18. The highest BCUT2D eigenvalue weighted by Crippen LogP contribution is 2.72. The maximum atomic E-state index is 11.6. The molecule has 3 aliphatic carbocycles. The number of carbonyl (C=O) groups excluding carboxylic acids is 1. The quantitative estimate of drug-likeness (QED) is 0.517. The van der Waals surface area contributed by atoms with Crippen molar-refractivity contribution in [2.45, 2.75) is 38.5 Å². The number of ketones is 1. The van der Waals surface area contributed by atoms with Crippen molar-refractivity contribution in [3.63, 3.8) is 0 Å². The number of rotatable bonds is 0. The van der Waals surface area contributed by atoms with Crippen LogP contribution in [0.25, 0.3) is 0 Å². The molecule has 1 heteroatoms. The zero-order chi connectivity index (χ0) is 7.47. The van der Waals surface area contributed by atoms with Gasteiger partial charge >= 0.3 is 0 Å². The minimum Gasteiger partial charge on any atom is -0.299 e. The number of hydrogen-bond donors (Lipinski definition) is 0. The van der Waals surface area contributed by atoms with Gasteiger partial charge in [-0.05, 0) is 31.1 Å². The first-order valence-electron chi connectivity index (χ1n) is 4.89. The van der Waals surface area contributed by atoms with Crippen molar-refractivity contribution in [3.05, 3.63) is 0 Å². The molecule has 11 heavy (non-hydrogen) atoms. The van der Waals surface area contributed by atoms with Gasteiger partial charge in [-0.1, -0.05) is 12.8 Å². The molecule has 1 nitrogen and oxygen atoms in total. The van der Waals surface area contributed by atoms with Crippen molar-refractivity contribution in [1.82, 2.24) is 0 Å². The van der Waals surface area contributed by atoms with Crippen LogP contribution in [0.1, 0.15) is 38.5 Å². The van der Waals surface area contributed by atoms with Gasteiger partial charge in [-0.25, -0.2) is 0 Å². The molecule has 0 aromatic carbocycles. The Bertz CT molecular complexity index is 215. The Morgan fingerprint density at radius 1 is 1.18 bits per heavy atom. The molecule has 0 bridgehead atoms. The van der Waals surface area contributed by atoms with E-state index in [-0.39, 0.29) is 5.41 Å². The standard InChI is InChI=1S/C10H14O/c11-9-5-4-8-7-3-1-2-6-10(7,8)9/h7-8H,1-6H2. The molecule has 0 saturated heterocycles. The largest absolute Gasteiger partial charge is 0.299 e. The summed E-state index contributed by atoms with van der Waals surface area (Å²) in [7, 11) is 0. The van der Waals surface area contributed by atoms with Gasteiger partial charge in [-0.15, -0.1) is 0 Å². The maximum absolute atomic E-state index is 11.6. The van der Waals surface area contributed by atoms with Crippen LogP contribution in [0.3, 0.4) is 0 Å². The molecule has 0 radical (unpaired) electrons. The highest BCUT2D eigenvalue weighted by atomic mass is 16.1. The predicted octanol–water partition coefficient (Wildman–Crippen LogP) is 2.16. The molecule has 0 aromatic rings. The van der Waals surface area contributed by atoms with Crippen LogP contribution in [0, 0.1) is 17.3 Å². The predicted molar refractivity (Wildman–Crippen MR) is 42.1 cm³/mol. The fourth-order valence-corrected chi connectivity index (χ4v) is 3.75. The van der Waals surface area contributed by atoms with E-state index in [2.05, 4.69) is 0 Å². The molecular formula is C10H14O. The molecule has 3 fully saturated rings. The Balaban J connectivity index is 1.96. The molecule has 0 N–H and O–H groups in total. The van der Waals surface area contributed by atoms with Crippen LogP contribution in [0.5, 0.6) is 0 Å². The van der Waals surface area contributed by atoms with Crippen molar-refractivity contribution in [2.75, 3.05) is 0 Å². The van der Waals surface area contributed by atoms with E-state index >= 15 is 0 Å². The van der Waals surface area contributed by atoms with Gasteiger partial charge in [0, 0.05) is 11.8 Å². The third-order valence-electron chi connectivity index (χ3n) is 4.26. The molecule has 3 aliphatic rings. The van der Waals surface area contributed by atoms with Gasteiger partial charge in [0.05, 0.1) is 0 Å². The summed E-state index contributed by atoms with van der Waals surface area (Å²) in [6, 6.07) is 0. The highest BCUT2D eigenvalue weighted by Gasteiger charge is 2.70. The average Bonchev–Trinajstić information content (AvgIpc) is 2.61. The molecule has 0 aliphatic heterocycles. The van der Waals surface area contributed by atoms with Gasteiger partial charge in [0.2, 0.25) is 0 Å². The third kappa shape index (κ3) is 0.533. The number of carbonyl (C=O) groups is 1. The van der Waals surface area contributed by atoms with Crippen LogP contribution in [0.15, 0.2) is 0 Å². The average molecular weight is 150 g/mol. The van der Waals surface area contributed by atoms with Gasteiger partial charge in [0.1, 0.15) is 5.78 Å². The van der Waals surface area contributed by atoms with E-state index < -0.39 is 0 Å². The Morgan fingerprint density at radius 2 is 2.00 bits per heavy atom. The van der Waals surface area contributed by atoms with E-state index in [1.807, 2.05) is 0 Å². The van der Waals surface area contributed by atoms with Crippen LogP contribution in [-0.2, 0) is 4.79 Å². The van der Waals surface area contributed by atoms with Crippen molar-refractivity contribution in [3.8, 4) is 0 Å². The summed E-state index contributed by atoms with van der Waals surface area (Å²) < 4.78 is 0. The number of Topliss-reactive ketones (excluding diaryl/α,β-unsaturated/α-hetero) is 1. The zero-order valence-corrected chi connectivity index (χ0v) is 6.81. The maximum Gasteiger partial charge on any atom is 0.139 e. The molecular weight excluding hydrogens is 136 g/mol. The second-order valence-electron chi connectivity index (χ2n) is 4.46. The molecule has 3 rings (SSSR count). The minimum absolute atomic E-state index is 0.276. The van der Waals surface area contributed by atoms with Crippen molar-refractivity contribution < 1.29 is 4.79 Å². The Labute approximate surface area is 67.2 Å². The molecule has 0 heterocycles. The topological polar surface area (TPSA) is 17.1 Å². The lowest BCUT2D eigenvalue weighted by atomic mass is 9.85. The normalized spacial score (nSPS) is 53.6. The SMILES string of the molecule is O=C1CCC2C3CCCCC132. The summed E-state index contributed by atoms with van der Waals surface area (Å²) in [6.45, 7) is 0. The molecule has 0 aromatic heterocycles. The van der Waals surface area contributed by atoms with Crippen LogP contribution in [0.2, 0.25) is 0 Å². The highest BCUT2D eigenvalue weighted by molar-refractivity contribution is 5.91. The number of hydrogen-bond acceptors (Lipinski definition) is 1. The molecule has 1 spiro atoms. The van der Waals surface area contributed by atoms with E-state index in [1.165, 1.54) is 32.1 Å². The van der Waals surface area contributed by atoms with Crippen LogP contribution in [0.4, 0.5) is 0 Å². The third-order valence-corrected chi connectivity index (χ3v) is 4.26. The van der Waals surface area contributed by atoms with Gasteiger partial charge < -0.3 is 0 Å². The summed E-state index contributed by atoms with van der Waals surface area (Å²) in [5, 5.41) is 0. The van der Waals surface area contributed by atoms with E-state index in [0.29, 0.717) is 5.78 Å². The summed E-state index contributed by atoms with van der Waals surface area (Å²) in [5.41, 5.74) is 0.276. The van der Waals surface area contributed by atoms with Crippen LogP contribution < -0.4 is 0 Å². The second-order valence-corrected chi connectivity index (χ2v) is 4.46. The van der Waals surface area contributed by atoms with E-state index in [9.17, 15) is 4.79 Å². The summed E-state index contributed by atoms with van der Waals surface area (Å²) in [6.07, 6.45) is 7.43. The first-order chi connectivity index (χ1) is 5.36. The molecule has 3 saturated carbocycles. The summed E-state index contributed by atoms with van der Waals surface area (Å²) in [4.78, 5) is 11.6. The summed E-state index contributed by atoms with van der Waals surface area (Å²) in [5.74, 6) is 2.31. The Morgan fingerprint density at radius 3 is 2.82 bits per heavy atom. The summed E-state index contributed by atoms with van der Waals surface area (Å²) >= 11 is 0. The van der Waals surface area contributed by atoms with Crippen molar-refractivity contribution >= 4 is 5.78 Å². The van der Waals surface area contributed by atoms with E-state index in [0.717, 1.165) is 18.3 Å². The fourth-order valence-electron chi connectivity index (χ4n) is 3.75. The Kier molecular flexibility index (Phi) is 0.961. The molecule has 3 atom stereocenters. The Hall–Kier alpha value is -0.330. The number of fused-ring (bicyclic) bond motifs is 1. The van der Waals surface area contributed by atoms with E-state index in [4.69, 9.17) is 0 Å². The van der Waals surface area contributed by atoms with Crippen LogP contribution >= 0.6 is 0 Å². The van der Waals surface area contributed by atoms with Gasteiger partial charge in [-0.2, -0.15) is 0 Å². The van der Waals surface area contributed by atoms with Gasteiger partial charge in [0.15, 0.2) is 0 Å². The van der Waals surface area contributed by atoms with Crippen LogP contribution in [-0.4, -0.2) is 5.78 Å². The smallest absolute Gasteiger partial charge is 0.139 e. The minimum atomic E-state index is 0.276. The van der Waals surface area contributed by atoms with Gasteiger partial charge in [0.25, 0.3) is 0 Å². The monoisotopic (exact) mass is 150 g/mol. The zero-order valence-electron chi connectivity index (χ0n) is 6.81. The first-order valence-corrected chi connectivity index (χ1v) is 4.89. The van der Waals surface area contributed by atoms with Crippen molar-refractivity contribution in [2.24, 2.45) is 17.3 Å². The van der Waals surface area contributed by atoms with E-state index in [1.54, 1.807) is 0 Å². The molecule has 3 unspecified atom stereocenters.